The number of anilines is 1. The van der Waals surface area contributed by atoms with Crippen molar-refractivity contribution < 1.29 is 23.9 Å². The molecule has 0 radical (unpaired) electrons. The first-order chi connectivity index (χ1) is 19.3. The minimum Gasteiger partial charge on any atom is -0.456 e. The summed E-state index contributed by atoms with van der Waals surface area (Å²) in [5, 5.41) is 6.61. The second-order valence-corrected chi connectivity index (χ2v) is 13.3. The monoisotopic (exact) mass is 599 g/mol. The standard InChI is InChI=1S/C33H45N3O5.ClH/c1-32(2,3)40-30(38)24-12-14-26(15-13-24)35-29(37)28-27(23-10-8-7-9-11-23)20-25(21-34-28)22-16-18-36(19-17-22)31(39)41-33(4,5)6;/h7-15,22,25,27-28,34H,16-21H2,1-6H3,(H,35,37);1H. The van der Waals surface area contributed by atoms with Gasteiger partial charge in [-0.3, -0.25) is 4.79 Å². The van der Waals surface area contributed by atoms with Crippen molar-refractivity contribution in [2.75, 3.05) is 25.0 Å². The highest BCUT2D eigenvalue weighted by Gasteiger charge is 2.40. The van der Waals surface area contributed by atoms with Crippen LogP contribution in [0.4, 0.5) is 10.5 Å². The van der Waals surface area contributed by atoms with Crippen molar-refractivity contribution >= 4 is 36.1 Å². The number of rotatable bonds is 5. The van der Waals surface area contributed by atoms with Crippen molar-refractivity contribution in [1.82, 2.24) is 10.2 Å². The minimum absolute atomic E-state index is 0. The second kappa shape index (κ2) is 13.9. The van der Waals surface area contributed by atoms with Crippen molar-refractivity contribution in [3.05, 3.63) is 65.7 Å². The van der Waals surface area contributed by atoms with Crippen molar-refractivity contribution in [3.63, 3.8) is 0 Å². The molecule has 42 heavy (non-hydrogen) atoms. The number of nitrogens with one attached hydrogen (secondary N) is 2. The van der Waals surface area contributed by atoms with Gasteiger partial charge < -0.3 is 25.0 Å². The summed E-state index contributed by atoms with van der Waals surface area (Å²) >= 11 is 0. The normalized spacial score (nSPS) is 21.6. The topological polar surface area (TPSA) is 97.0 Å². The molecular formula is C33H46ClN3O5. The predicted octanol–water partition coefficient (Wildman–Crippen LogP) is 6.41. The Labute approximate surface area is 256 Å². The molecule has 2 aliphatic rings. The number of halogens is 1. The Morgan fingerprint density at radius 2 is 1.43 bits per heavy atom. The third-order valence-electron chi connectivity index (χ3n) is 7.71. The zero-order chi connectivity index (χ0) is 29.8. The summed E-state index contributed by atoms with van der Waals surface area (Å²) in [4.78, 5) is 40.3. The van der Waals surface area contributed by atoms with E-state index in [4.69, 9.17) is 9.47 Å². The number of piperidine rings is 2. The molecule has 9 heteroatoms. The number of hydrogen-bond acceptors (Lipinski definition) is 6. The fourth-order valence-corrected chi connectivity index (χ4v) is 5.76. The van der Waals surface area contributed by atoms with Crippen LogP contribution in [0.25, 0.3) is 0 Å². The highest BCUT2D eigenvalue weighted by molar-refractivity contribution is 5.96. The van der Waals surface area contributed by atoms with Gasteiger partial charge in [-0.25, -0.2) is 9.59 Å². The van der Waals surface area contributed by atoms with Crippen LogP contribution < -0.4 is 10.6 Å². The molecule has 0 saturated carbocycles. The average molecular weight is 600 g/mol. The number of benzene rings is 2. The molecule has 3 atom stereocenters. The highest BCUT2D eigenvalue weighted by atomic mass is 35.5. The fourth-order valence-electron chi connectivity index (χ4n) is 5.76. The second-order valence-electron chi connectivity index (χ2n) is 13.3. The third-order valence-corrected chi connectivity index (χ3v) is 7.71. The first-order valence-electron chi connectivity index (χ1n) is 14.7. The Kier molecular flexibility index (Phi) is 11.1. The maximum Gasteiger partial charge on any atom is 0.410 e. The molecule has 2 heterocycles. The van der Waals surface area contributed by atoms with Crippen molar-refractivity contribution in [3.8, 4) is 0 Å². The van der Waals surface area contributed by atoms with E-state index < -0.39 is 17.2 Å². The van der Waals surface area contributed by atoms with Gasteiger partial charge in [0, 0.05) is 24.7 Å². The molecule has 2 N–H and O–H groups in total. The lowest BCUT2D eigenvalue weighted by molar-refractivity contribution is -0.119. The smallest absolute Gasteiger partial charge is 0.410 e. The van der Waals surface area contributed by atoms with E-state index in [0.717, 1.165) is 31.4 Å². The van der Waals surface area contributed by atoms with Crippen LogP contribution in [0.2, 0.25) is 0 Å². The van der Waals surface area contributed by atoms with Crippen LogP contribution in [0, 0.1) is 11.8 Å². The van der Waals surface area contributed by atoms with Crippen LogP contribution in [0.5, 0.6) is 0 Å². The molecular weight excluding hydrogens is 554 g/mol. The van der Waals surface area contributed by atoms with Crippen LogP contribution in [0.3, 0.4) is 0 Å². The van der Waals surface area contributed by atoms with Crippen molar-refractivity contribution in [2.45, 2.75) is 84.0 Å². The molecule has 2 amide bonds. The Morgan fingerprint density at radius 1 is 0.833 bits per heavy atom. The summed E-state index contributed by atoms with van der Waals surface area (Å²) in [5.74, 6) is 0.397. The van der Waals surface area contributed by atoms with E-state index in [2.05, 4.69) is 22.8 Å². The van der Waals surface area contributed by atoms with Crippen LogP contribution in [-0.2, 0) is 14.3 Å². The number of likely N-dealkylation sites (tertiary alicyclic amines) is 1. The van der Waals surface area contributed by atoms with E-state index >= 15 is 0 Å². The van der Waals surface area contributed by atoms with Crippen LogP contribution >= 0.6 is 12.4 Å². The number of carbonyl (C=O) groups is 3. The predicted molar refractivity (Wildman–Crippen MR) is 167 cm³/mol. The molecule has 2 saturated heterocycles. The van der Waals surface area contributed by atoms with Gasteiger partial charge in [0.1, 0.15) is 11.2 Å². The summed E-state index contributed by atoms with van der Waals surface area (Å²) in [5.41, 5.74) is 1.14. The third kappa shape index (κ3) is 9.20. The summed E-state index contributed by atoms with van der Waals surface area (Å²) in [6.07, 6.45) is 2.50. The summed E-state index contributed by atoms with van der Waals surface area (Å²) in [6.45, 7) is 13.3. The van der Waals surface area contributed by atoms with Gasteiger partial charge in [-0.1, -0.05) is 30.3 Å². The number of carbonyl (C=O) groups excluding carboxylic acids is 3. The van der Waals surface area contributed by atoms with E-state index in [1.807, 2.05) is 64.6 Å². The van der Waals surface area contributed by atoms with Crippen molar-refractivity contribution in [2.24, 2.45) is 11.8 Å². The molecule has 2 aromatic rings. The van der Waals surface area contributed by atoms with Crippen LogP contribution in [0.15, 0.2) is 54.6 Å². The Bertz CT molecular complexity index is 1200. The molecule has 0 aliphatic carbocycles. The number of hydrogen-bond donors (Lipinski definition) is 2. The van der Waals surface area contributed by atoms with E-state index in [0.29, 0.717) is 36.2 Å². The lowest BCUT2D eigenvalue weighted by atomic mass is 9.72. The number of nitrogens with zero attached hydrogens (tertiary/aromatic N) is 1. The molecule has 8 nitrogen and oxygen atoms in total. The molecule has 0 bridgehead atoms. The molecule has 2 aliphatic heterocycles. The van der Waals surface area contributed by atoms with Gasteiger partial charge in [-0.05, 0) is 109 Å². The Morgan fingerprint density at radius 3 is 2.00 bits per heavy atom. The summed E-state index contributed by atoms with van der Waals surface area (Å²) < 4.78 is 11.0. The largest absolute Gasteiger partial charge is 0.456 e. The zero-order valence-electron chi connectivity index (χ0n) is 25.6. The lowest BCUT2D eigenvalue weighted by Gasteiger charge is -2.42. The number of amides is 2. The number of esters is 1. The molecule has 0 aromatic heterocycles. The quantitative estimate of drug-likeness (QED) is 0.385. The average Bonchev–Trinajstić information content (AvgIpc) is 2.92. The fraction of sp³-hybridized carbons (Fsp3) is 0.545. The maximum atomic E-state index is 13.5. The molecule has 0 spiro atoms. The minimum atomic E-state index is -0.573. The summed E-state index contributed by atoms with van der Waals surface area (Å²) in [7, 11) is 0. The maximum absolute atomic E-state index is 13.5. The molecule has 2 aromatic carbocycles. The van der Waals surface area contributed by atoms with Crippen molar-refractivity contribution in [1.29, 1.82) is 0 Å². The molecule has 4 rings (SSSR count). The van der Waals surface area contributed by atoms with Gasteiger partial charge >= 0.3 is 12.1 Å². The first-order valence-corrected chi connectivity index (χ1v) is 14.7. The van der Waals surface area contributed by atoms with Gasteiger partial charge in [0.05, 0.1) is 11.6 Å². The molecule has 2 fully saturated rings. The van der Waals surface area contributed by atoms with Gasteiger partial charge in [0.15, 0.2) is 0 Å². The summed E-state index contributed by atoms with van der Waals surface area (Å²) in [6, 6.07) is 16.6. The SMILES string of the molecule is CC(C)(C)OC(=O)c1ccc(NC(=O)C2NCC(C3CCN(C(=O)OC(C)(C)C)CC3)CC2c2ccccc2)cc1.Cl. The van der Waals surface area contributed by atoms with E-state index in [9.17, 15) is 14.4 Å². The number of ether oxygens (including phenoxy) is 2. The molecule has 230 valence electrons. The highest BCUT2D eigenvalue weighted by Crippen LogP contribution is 2.38. The van der Waals surface area contributed by atoms with E-state index in [1.54, 1.807) is 24.3 Å². The van der Waals surface area contributed by atoms with E-state index in [-0.39, 0.29) is 36.4 Å². The Hall–Kier alpha value is -3.10. The Balaban J connectivity index is 0.00000484. The molecule has 3 unspecified atom stereocenters. The van der Waals surface area contributed by atoms with Gasteiger partial charge in [0.2, 0.25) is 5.91 Å². The van der Waals surface area contributed by atoms with Gasteiger partial charge in [0.25, 0.3) is 0 Å². The van der Waals surface area contributed by atoms with Crippen LogP contribution in [0.1, 0.15) is 82.6 Å². The zero-order valence-corrected chi connectivity index (χ0v) is 26.5. The van der Waals surface area contributed by atoms with Crippen LogP contribution in [-0.4, -0.2) is 59.7 Å². The first kappa shape index (κ1) is 33.4. The van der Waals surface area contributed by atoms with Gasteiger partial charge in [-0.15, -0.1) is 12.4 Å². The lowest BCUT2D eigenvalue weighted by Crippen LogP contribution is -2.53. The van der Waals surface area contributed by atoms with Gasteiger partial charge in [-0.2, -0.15) is 0 Å². The van der Waals surface area contributed by atoms with E-state index in [1.165, 1.54) is 0 Å².